The van der Waals surface area contributed by atoms with Gasteiger partial charge in [0, 0.05) is 36.1 Å². The van der Waals surface area contributed by atoms with Gasteiger partial charge in [0.05, 0.1) is 19.2 Å². The number of rotatable bonds is 5. The topological polar surface area (TPSA) is 67.3 Å². The number of nitrogens with zero attached hydrogens (tertiary/aromatic N) is 3. The highest BCUT2D eigenvalue weighted by molar-refractivity contribution is 5.99. The zero-order valence-corrected chi connectivity index (χ0v) is 14.5. The van der Waals surface area contributed by atoms with E-state index in [4.69, 9.17) is 4.74 Å². The fourth-order valence-corrected chi connectivity index (χ4v) is 3.06. The molecule has 0 saturated heterocycles. The molecule has 3 heterocycles. The summed E-state index contributed by atoms with van der Waals surface area (Å²) in [6, 6.07) is 3.75. The number of fused-ring (bicyclic) bond motifs is 1. The van der Waals surface area contributed by atoms with Crippen molar-refractivity contribution < 1.29 is 9.53 Å². The molecule has 0 saturated carbocycles. The lowest BCUT2D eigenvalue weighted by atomic mass is 10.1. The molecule has 1 N–H and O–H groups in total. The van der Waals surface area contributed by atoms with Crippen molar-refractivity contribution in [2.24, 2.45) is 0 Å². The Bertz CT molecular complexity index is 776. The van der Waals surface area contributed by atoms with Crippen LogP contribution >= 0.6 is 0 Å². The van der Waals surface area contributed by atoms with Crippen molar-refractivity contribution in [1.29, 1.82) is 0 Å². The highest BCUT2D eigenvalue weighted by Crippen LogP contribution is 2.34. The number of carbonyl (C=O) groups excluding carboxylic acids is 1. The molecule has 1 unspecified atom stereocenters. The van der Waals surface area contributed by atoms with E-state index in [-0.39, 0.29) is 11.9 Å². The summed E-state index contributed by atoms with van der Waals surface area (Å²) in [6.07, 6.45) is 3.45. The van der Waals surface area contributed by atoms with E-state index in [9.17, 15) is 4.79 Å². The zero-order valence-electron chi connectivity index (χ0n) is 14.5. The fourth-order valence-electron chi connectivity index (χ4n) is 3.06. The van der Waals surface area contributed by atoms with E-state index in [1.54, 1.807) is 18.5 Å². The summed E-state index contributed by atoms with van der Waals surface area (Å²) in [5.41, 5.74) is 3.64. The number of amides is 1. The predicted molar refractivity (Wildman–Crippen MR) is 92.2 cm³/mol. The van der Waals surface area contributed by atoms with Crippen molar-refractivity contribution in [2.75, 3.05) is 19.0 Å². The van der Waals surface area contributed by atoms with Crippen LogP contribution in [0.4, 0.5) is 5.82 Å². The summed E-state index contributed by atoms with van der Waals surface area (Å²) in [5.74, 6) is 1.44. The predicted octanol–water partition coefficient (Wildman–Crippen LogP) is 2.94. The third-order valence-corrected chi connectivity index (χ3v) is 4.39. The monoisotopic (exact) mass is 326 g/mol. The van der Waals surface area contributed by atoms with E-state index in [0.717, 1.165) is 28.1 Å². The van der Waals surface area contributed by atoms with Gasteiger partial charge in [0.1, 0.15) is 5.82 Å². The van der Waals surface area contributed by atoms with Crippen LogP contribution in [-0.2, 0) is 6.54 Å². The molecule has 0 bridgehead atoms. The first-order valence-corrected chi connectivity index (χ1v) is 8.12. The van der Waals surface area contributed by atoms with Crippen molar-refractivity contribution >= 4 is 11.7 Å². The average molecular weight is 326 g/mol. The molecule has 24 heavy (non-hydrogen) atoms. The highest BCUT2D eigenvalue weighted by atomic mass is 16.5. The van der Waals surface area contributed by atoms with Crippen LogP contribution in [0.2, 0.25) is 0 Å². The van der Waals surface area contributed by atoms with Crippen LogP contribution in [0.25, 0.3) is 0 Å². The Labute approximate surface area is 141 Å². The standard InChI is InChI=1S/C18H22N4O2/c1-5-24-17-11(2)8-13(9-21-17)12(3)22-10-15-14(18(22)23)6-7-20-16(15)19-4/h6-9,12H,5,10H2,1-4H3,(H,19,20). The molecule has 2 aromatic rings. The normalized spacial score (nSPS) is 14.5. The smallest absolute Gasteiger partial charge is 0.255 e. The van der Waals surface area contributed by atoms with Crippen LogP contribution < -0.4 is 10.1 Å². The molecule has 6 heteroatoms. The number of aromatic nitrogens is 2. The summed E-state index contributed by atoms with van der Waals surface area (Å²) < 4.78 is 5.49. The molecule has 0 aromatic carbocycles. The zero-order chi connectivity index (χ0) is 17.3. The van der Waals surface area contributed by atoms with Gasteiger partial charge in [-0.3, -0.25) is 4.79 Å². The fraction of sp³-hybridized carbons (Fsp3) is 0.389. The van der Waals surface area contributed by atoms with Gasteiger partial charge in [0.15, 0.2) is 0 Å². The number of pyridine rings is 2. The average Bonchev–Trinajstić information content (AvgIpc) is 2.93. The molecule has 0 fully saturated rings. The van der Waals surface area contributed by atoms with Gasteiger partial charge >= 0.3 is 0 Å². The molecular weight excluding hydrogens is 304 g/mol. The van der Waals surface area contributed by atoms with Crippen molar-refractivity contribution in [1.82, 2.24) is 14.9 Å². The quantitative estimate of drug-likeness (QED) is 0.915. The third kappa shape index (κ3) is 2.68. The minimum atomic E-state index is -0.0727. The number of nitrogens with one attached hydrogen (secondary N) is 1. The van der Waals surface area contributed by atoms with E-state index >= 15 is 0 Å². The van der Waals surface area contributed by atoms with Crippen LogP contribution in [0.3, 0.4) is 0 Å². The maximum Gasteiger partial charge on any atom is 0.255 e. The number of ether oxygens (including phenoxy) is 1. The van der Waals surface area contributed by atoms with Gasteiger partial charge in [0.2, 0.25) is 5.88 Å². The molecule has 6 nitrogen and oxygen atoms in total. The number of hydrogen-bond acceptors (Lipinski definition) is 5. The minimum Gasteiger partial charge on any atom is -0.478 e. The van der Waals surface area contributed by atoms with Gasteiger partial charge in [-0.2, -0.15) is 0 Å². The lowest BCUT2D eigenvalue weighted by Gasteiger charge is -2.25. The summed E-state index contributed by atoms with van der Waals surface area (Å²) in [5, 5.41) is 3.06. The maximum absolute atomic E-state index is 12.8. The van der Waals surface area contributed by atoms with Crippen molar-refractivity contribution in [3.8, 4) is 5.88 Å². The first kappa shape index (κ1) is 16.2. The molecule has 0 radical (unpaired) electrons. The summed E-state index contributed by atoms with van der Waals surface area (Å²) in [6.45, 7) is 7.06. The van der Waals surface area contributed by atoms with Gasteiger partial charge in [-0.05, 0) is 38.5 Å². The number of carbonyl (C=O) groups is 1. The molecule has 1 atom stereocenters. The second-order valence-corrected chi connectivity index (χ2v) is 5.87. The van der Waals surface area contributed by atoms with Crippen LogP contribution in [0, 0.1) is 6.92 Å². The second kappa shape index (κ2) is 6.47. The number of hydrogen-bond donors (Lipinski definition) is 1. The highest BCUT2D eigenvalue weighted by Gasteiger charge is 2.33. The van der Waals surface area contributed by atoms with Gasteiger partial charge in [-0.1, -0.05) is 0 Å². The van der Waals surface area contributed by atoms with Crippen molar-refractivity contribution in [3.63, 3.8) is 0 Å². The number of aryl methyl sites for hydroxylation is 1. The van der Waals surface area contributed by atoms with E-state index in [0.29, 0.717) is 19.0 Å². The minimum absolute atomic E-state index is 0.0305. The molecule has 0 spiro atoms. The molecule has 126 valence electrons. The van der Waals surface area contributed by atoms with Gasteiger partial charge in [-0.25, -0.2) is 9.97 Å². The molecular formula is C18H22N4O2. The largest absolute Gasteiger partial charge is 0.478 e. The Balaban J connectivity index is 1.88. The Kier molecular flexibility index (Phi) is 4.38. The van der Waals surface area contributed by atoms with E-state index in [1.807, 2.05) is 38.8 Å². The van der Waals surface area contributed by atoms with Crippen LogP contribution in [-0.4, -0.2) is 34.4 Å². The maximum atomic E-state index is 12.8. The Morgan fingerprint density at radius 3 is 2.88 bits per heavy atom. The molecule has 1 amide bonds. The first-order chi connectivity index (χ1) is 11.6. The van der Waals surface area contributed by atoms with Gasteiger partial charge in [0.25, 0.3) is 5.91 Å². The molecule has 1 aliphatic heterocycles. The first-order valence-electron chi connectivity index (χ1n) is 8.12. The van der Waals surface area contributed by atoms with Crippen LogP contribution in [0.1, 0.15) is 46.9 Å². The third-order valence-electron chi connectivity index (χ3n) is 4.39. The van der Waals surface area contributed by atoms with E-state index in [2.05, 4.69) is 15.3 Å². The van der Waals surface area contributed by atoms with Crippen molar-refractivity contribution in [2.45, 2.75) is 33.4 Å². The second-order valence-electron chi connectivity index (χ2n) is 5.87. The molecule has 1 aliphatic rings. The van der Waals surface area contributed by atoms with E-state index in [1.165, 1.54) is 0 Å². The van der Waals surface area contributed by atoms with Crippen molar-refractivity contribution in [3.05, 3.63) is 46.8 Å². The van der Waals surface area contributed by atoms with E-state index < -0.39 is 0 Å². The molecule has 2 aromatic heterocycles. The van der Waals surface area contributed by atoms with Crippen LogP contribution in [0.15, 0.2) is 24.5 Å². The number of anilines is 1. The molecule has 3 rings (SSSR count). The van der Waals surface area contributed by atoms with Gasteiger partial charge < -0.3 is 15.0 Å². The summed E-state index contributed by atoms with van der Waals surface area (Å²) >= 11 is 0. The Morgan fingerprint density at radius 2 is 2.21 bits per heavy atom. The van der Waals surface area contributed by atoms with Gasteiger partial charge in [-0.15, -0.1) is 0 Å². The lowest BCUT2D eigenvalue weighted by molar-refractivity contribution is 0.0715. The summed E-state index contributed by atoms with van der Waals surface area (Å²) in [7, 11) is 1.82. The SMILES string of the molecule is CCOc1ncc(C(C)N2Cc3c(ccnc3NC)C2=O)cc1C. The Morgan fingerprint density at radius 1 is 1.42 bits per heavy atom. The molecule has 0 aliphatic carbocycles. The summed E-state index contributed by atoms with van der Waals surface area (Å²) in [4.78, 5) is 23.3. The Hall–Kier alpha value is -2.63. The van der Waals surface area contributed by atoms with Crippen LogP contribution in [0.5, 0.6) is 5.88 Å². The lowest BCUT2D eigenvalue weighted by Crippen LogP contribution is -2.27.